The lowest BCUT2D eigenvalue weighted by molar-refractivity contribution is 0.0788. The second kappa shape index (κ2) is 6.02. The Morgan fingerprint density at radius 2 is 2.37 bits per heavy atom. The zero-order valence-electron chi connectivity index (χ0n) is 11.6. The number of nitrogens with one attached hydrogen (secondary N) is 1. The van der Waals surface area contributed by atoms with E-state index >= 15 is 0 Å². The summed E-state index contributed by atoms with van der Waals surface area (Å²) in [5.74, 6) is 6.65. The van der Waals surface area contributed by atoms with E-state index in [-0.39, 0.29) is 5.91 Å². The maximum atomic E-state index is 12.4. The number of anilines is 1. The van der Waals surface area contributed by atoms with Gasteiger partial charge >= 0.3 is 0 Å². The van der Waals surface area contributed by atoms with Gasteiger partial charge in [-0.15, -0.1) is 0 Å². The number of carbonyl (C=O) groups excluding carboxylic acids is 1. The highest BCUT2D eigenvalue weighted by Crippen LogP contribution is 2.19. The number of hydrazine groups is 1. The lowest BCUT2D eigenvalue weighted by Gasteiger charge is -2.17. The summed E-state index contributed by atoms with van der Waals surface area (Å²) in [6, 6.07) is 3.61. The predicted molar refractivity (Wildman–Crippen MR) is 75.7 cm³/mol. The first-order valence-electron chi connectivity index (χ1n) is 6.91. The lowest BCUT2D eigenvalue weighted by atomic mass is 10.1. The molecule has 5 nitrogen and oxygen atoms in total. The van der Waals surface area contributed by atoms with Crippen molar-refractivity contribution in [2.24, 2.45) is 11.8 Å². The second-order valence-electron chi connectivity index (χ2n) is 5.27. The van der Waals surface area contributed by atoms with Crippen molar-refractivity contribution in [2.75, 3.05) is 18.5 Å². The Kier molecular flexibility index (Phi) is 4.37. The third-order valence-corrected chi connectivity index (χ3v) is 3.49. The van der Waals surface area contributed by atoms with Crippen LogP contribution in [0.2, 0.25) is 0 Å². The number of likely N-dealkylation sites (tertiary alicyclic amines) is 1. The number of rotatable bonds is 4. The Labute approximate surface area is 114 Å². The molecule has 1 saturated heterocycles. The van der Waals surface area contributed by atoms with Crippen molar-refractivity contribution >= 4 is 11.7 Å². The maximum Gasteiger partial charge on any atom is 0.254 e. The van der Waals surface area contributed by atoms with E-state index in [0.717, 1.165) is 38.0 Å². The van der Waals surface area contributed by atoms with E-state index in [1.165, 1.54) is 0 Å². The Hall–Kier alpha value is -1.62. The van der Waals surface area contributed by atoms with Gasteiger partial charge in [0.2, 0.25) is 0 Å². The van der Waals surface area contributed by atoms with Crippen LogP contribution in [0.1, 0.15) is 42.7 Å². The number of nitrogens with two attached hydrogens (primary N) is 1. The van der Waals surface area contributed by atoms with Crippen molar-refractivity contribution in [3.05, 3.63) is 23.4 Å². The van der Waals surface area contributed by atoms with E-state index in [0.29, 0.717) is 17.3 Å². The fraction of sp³-hybridized carbons (Fsp3) is 0.571. The molecule has 5 heteroatoms. The Balaban J connectivity index is 2.22. The monoisotopic (exact) mass is 262 g/mol. The third kappa shape index (κ3) is 3.23. The zero-order chi connectivity index (χ0) is 13.8. The molecule has 2 rings (SSSR count). The van der Waals surface area contributed by atoms with Gasteiger partial charge in [0, 0.05) is 24.3 Å². The fourth-order valence-corrected chi connectivity index (χ4v) is 2.47. The molecule has 0 saturated carbocycles. The molecule has 0 aromatic carbocycles. The predicted octanol–water partition coefficient (Wildman–Crippen LogP) is 1.80. The van der Waals surface area contributed by atoms with Gasteiger partial charge in [0.15, 0.2) is 0 Å². The van der Waals surface area contributed by atoms with Gasteiger partial charge in [-0.1, -0.05) is 20.3 Å². The largest absolute Gasteiger partial charge is 0.338 e. The summed E-state index contributed by atoms with van der Waals surface area (Å²) in [6.45, 7) is 5.95. The van der Waals surface area contributed by atoms with Gasteiger partial charge in [0.1, 0.15) is 5.82 Å². The van der Waals surface area contributed by atoms with E-state index in [1.807, 2.05) is 11.0 Å². The molecule has 104 valence electrons. The molecule has 1 aliphatic rings. The molecule has 1 amide bonds. The van der Waals surface area contributed by atoms with E-state index in [2.05, 4.69) is 24.3 Å². The van der Waals surface area contributed by atoms with Crippen LogP contribution in [0.5, 0.6) is 0 Å². The molecule has 2 heterocycles. The van der Waals surface area contributed by atoms with Gasteiger partial charge in [-0.2, -0.15) is 0 Å². The first kappa shape index (κ1) is 13.8. The maximum absolute atomic E-state index is 12.4. The second-order valence-corrected chi connectivity index (χ2v) is 5.27. The topological polar surface area (TPSA) is 71.2 Å². The first-order chi connectivity index (χ1) is 9.13. The van der Waals surface area contributed by atoms with Gasteiger partial charge in [0.25, 0.3) is 5.91 Å². The number of hydrogen-bond acceptors (Lipinski definition) is 4. The van der Waals surface area contributed by atoms with Crippen LogP contribution in [0, 0.1) is 5.92 Å². The van der Waals surface area contributed by atoms with Gasteiger partial charge in [0.05, 0.1) is 0 Å². The molecule has 1 unspecified atom stereocenters. The van der Waals surface area contributed by atoms with E-state index in [1.54, 1.807) is 6.07 Å². The smallest absolute Gasteiger partial charge is 0.254 e. The minimum Gasteiger partial charge on any atom is -0.338 e. The van der Waals surface area contributed by atoms with E-state index in [4.69, 9.17) is 5.84 Å². The standard InChI is InChI=1S/C14H22N4O/c1-3-4-12-7-11(8-13(16-12)17-15)14(19)18-6-5-10(2)9-18/h7-8,10H,3-6,9,15H2,1-2H3,(H,16,17). The van der Waals surface area contributed by atoms with Crippen molar-refractivity contribution < 1.29 is 4.79 Å². The van der Waals surface area contributed by atoms with Crippen molar-refractivity contribution in [1.82, 2.24) is 9.88 Å². The average Bonchev–Trinajstić information content (AvgIpc) is 2.84. The number of pyridine rings is 1. The highest BCUT2D eigenvalue weighted by atomic mass is 16.2. The van der Waals surface area contributed by atoms with Crippen molar-refractivity contribution in [1.29, 1.82) is 0 Å². The Morgan fingerprint density at radius 1 is 1.58 bits per heavy atom. The molecule has 1 atom stereocenters. The molecule has 0 radical (unpaired) electrons. The normalized spacial score (nSPS) is 18.7. The van der Waals surface area contributed by atoms with Crippen molar-refractivity contribution in [2.45, 2.75) is 33.1 Å². The van der Waals surface area contributed by atoms with Crippen LogP contribution in [-0.2, 0) is 6.42 Å². The van der Waals surface area contributed by atoms with Crippen molar-refractivity contribution in [3.8, 4) is 0 Å². The third-order valence-electron chi connectivity index (χ3n) is 3.49. The minimum absolute atomic E-state index is 0.0839. The number of aryl methyl sites for hydroxylation is 1. The quantitative estimate of drug-likeness (QED) is 0.641. The molecule has 1 aromatic rings. The highest BCUT2D eigenvalue weighted by Gasteiger charge is 2.24. The summed E-state index contributed by atoms with van der Waals surface area (Å²) in [5, 5.41) is 0. The van der Waals surface area contributed by atoms with Crippen LogP contribution in [0.4, 0.5) is 5.82 Å². The fourth-order valence-electron chi connectivity index (χ4n) is 2.47. The number of nitrogen functional groups attached to an aromatic ring is 1. The zero-order valence-corrected chi connectivity index (χ0v) is 11.6. The summed E-state index contributed by atoms with van der Waals surface area (Å²) in [5.41, 5.74) is 4.13. The Bertz CT molecular complexity index is 461. The summed E-state index contributed by atoms with van der Waals surface area (Å²) in [4.78, 5) is 18.7. The van der Waals surface area contributed by atoms with Crippen LogP contribution >= 0.6 is 0 Å². The van der Waals surface area contributed by atoms with Crippen LogP contribution < -0.4 is 11.3 Å². The van der Waals surface area contributed by atoms with Gasteiger partial charge in [-0.05, 0) is 30.9 Å². The SMILES string of the molecule is CCCc1cc(C(=O)N2CCC(C)C2)cc(NN)n1. The van der Waals surface area contributed by atoms with Crippen molar-refractivity contribution in [3.63, 3.8) is 0 Å². The summed E-state index contributed by atoms with van der Waals surface area (Å²) in [6.07, 6.45) is 2.93. The number of aromatic nitrogens is 1. The average molecular weight is 262 g/mol. The van der Waals surface area contributed by atoms with Gasteiger partial charge in [-0.3, -0.25) is 4.79 Å². The number of hydrogen-bond donors (Lipinski definition) is 2. The number of nitrogens with zero attached hydrogens (tertiary/aromatic N) is 2. The van der Waals surface area contributed by atoms with Crippen LogP contribution in [0.3, 0.4) is 0 Å². The molecule has 0 spiro atoms. The van der Waals surface area contributed by atoms with Crippen LogP contribution in [-0.4, -0.2) is 28.9 Å². The van der Waals surface area contributed by atoms with E-state index < -0.39 is 0 Å². The first-order valence-corrected chi connectivity index (χ1v) is 6.91. The molecule has 1 aromatic heterocycles. The van der Waals surface area contributed by atoms with Gasteiger partial charge in [-0.25, -0.2) is 10.8 Å². The molecular weight excluding hydrogens is 240 g/mol. The number of amides is 1. The Morgan fingerprint density at radius 3 is 2.95 bits per heavy atom. The molecule has 1 aliphatic heterocycles. The molecule has 19 heavy (non-hydrogen) atoms. The number of carbonyl (C=O) groups is 1. The summed E-state index contributed by atoms with van der Waals surface area (Å²) < 4.78 is 0. The molecule has 1 fully saturated rings. The molecule has 0 bridgehead atoms. The highest BCUT2D eigenvalue weighted by molar-refractivity contribution is 5.95. The summed E-state index contributed by atoms with van der Waals surface area (Å²) >= 11 is 0. The van der Waals surface area contributed by atoms with E-state index in [9.17, 15) is 4.79 Å². The van der Waals surface area contributed by atoms with Gasteiger partial charge < -0.3 is 10.3 Å². The molecular formula is C14H22N4O. The van der Waals surface area contributed by atoms with Crippen LogP contribution in [0.15, 0.2) is 12.1 Å². The van der Waals surface area contributed by atoms with Crippen LogP contribution in [0.25, 0.3) is 0 Å². The molecule has 0 aliphatic carbocycles. The summed E-state index contributed by atoms with van der Waals surface area (Å²) in [7, 11) is 0. The molecule has 3 N–H and O–H groups in total. The lowest BCUT2D eigenvalue weighted by Crippen LogP contribution is -2.28. The minimum atomic E-state index is 0.0839.